The molecule has 0 spiro atoms. The molecule has 2 rings (SSSR count). The van der Waals surface area contributed by atoms with Gasteiger partial charge in [-0.2, -0.15) is 0 Å². The molecule has 2 N–H and O–H groups in total. The highest BCUT2D eigenvalue weighted by atomic mass is 32.1. The lowest BCUT2D eigenvalue weighted by Gasteiger charge is -2.07. The van der Waals surface area contributed by atoms with Crippen molar-refractivity contribution in [1.29, 1.82) is 0 Å². The standard InChI is InChI=1S/C18H19FN2O4S/c1-9(2)20-16(23)14-10(3)13(18(24)25-4)17(26-14)21-15(22)11-6-5-7-12(19)8-11/h5-9H,1-4H3,(H,20,23)(H,21,22). The summed E-state index contributed by atoms with van der Waals surface area (Å²) in [5.41, 5.74) is 0.616. The molecule has 0 bridgehead atoms. The number of esters is 1. The third-order valence-electron chi connectivity index (χ3n) is 3.48. The monoisotopic (exact) mass is 378 g/mol. The fraction of sp³-hybridized carbons (Fsp3) is 0.278. The van der Waals surface area contributed by atoms with Crippen LogP contribution < -0.4 is 10.6 Å². The molecule has 0 aliphatic carbocycles. The molecule has 0 aliphatic heterocycles. The Labute approximate surface area is 154 Å². The van der Waals surface area contributed by atoms with Gasteiger partial charge in [-0.05, 0) is 44.5 Å². The average molecular weight is 378 g/mol. The number of carbonyl (C=O) groups is 3. The Hall–Kier alpha value is -2.74. The normalized spacial score (nSPS) is 10.5. The third kappa shape index (κ3) is 4.26. The summed E-state index contributed by atoms with van der Waals surface area (Å²) in [4.78, 5) is 37.1. The Balaban J connectivity index is 2.41. The van der Waals surface area contributed by atoms with Crippen molar-refractivity contribution in [3.8, 4) is 0 Å². The first-order chi connectivity index (χ1) is 12.2. The Morgan fingerprint density at radius 3 is 2.46 bits per heavy atom. The van der Waals surface area contributed by atoms with Crippen LogP contribution in [0, 0.1) is 12.7 Å². The number of halogens is 1. The zero-order valence-corrected chi connectivity index (χ0v) is 15.6. The SMILES string of the molecule is COC(=O)c1c(NC(=O)c2cccc(F)c2)sc(C(=O)NC(C)C)c1C. The highest BCUT2D eigenvalue weighted by Crippen LogP contribution is 2.34. The minimum Gasteiger partial charge on any atom is -0.465 e. The first kappa shape index (κ1) is 19.6. The maximum absolute atomic E-state index is 13.3. The number of anilines is 1. The van der Waals surface area contributed by atoms with Crippen molar-refractivity contribution >= 4 is 34.1 Å². The minimum absolute atomic E-state index is 0.0871. The van der Waals surface area contributed by atoms with Crippen LogP contribution in [0.25, 0.3) is 0 Å². The Morgan fingerprint density at radius 1 is 1.19 bits per heavy atom. The van der Waals surface area contributed by atoms with Crippen LogP contribution in [-0.4, -0.2) is 30.9 Å². The lowest BCUT2D eigenvalue weighted by molar-refractivity contribution is 0.0601. The van der Waals surface area contributed by atoms with E-state index in [9.17, 15) is 18.8 Å². The number of hydrogen-bond donors (Lipinski definition) is 2. The molecule has 2 aromatic rings. The van der Waals surface area contributed by atoms with E-state index in [-0.39, 0.29) is 28.1 Å². The smallest absolute Gasteiger partial charge is 0.341 e. The number of amides is 2. The van der Waals surface area contributed by atoms with Crippen molar-refractivity contribution in [1.82, 2.24) is 5.32 Å². The Morgan fingerprint density at radius 2 is 1.88 bits per heavy atom. The molecule has 138 valence electrons. The van der Waals surface area contributed by atoms with E-state index < -0.39 is 17.7 Å². The molecule has 26 heavy (non-hydrogen) atoms. The molecule has 0 aliphatic rings. The zero-order chi connectivity index (χ0) is 19.4. The lowest BCUT2D eigenvalue weighted by Crippen LogP contribution is -2.29. The molecule has 0 fully saturated rings. The summed E-state index contributed by atoms with van der Waals surface area (Å²) in [6.45, 7) is 5.24. The van der Waals surface area contributed by atoms with Crippen LogP contribution in [0.3, 0.4) is 0 Å². The summed E-state index contributed by atoms with van der Waals surface area (Å²) in [6, 6.07) is 5.08. The number of carbonyl (C=O) groups excluding carboxylic acids is 3. The van der Waals surface area contributed by atoms with Crippen LogP contribution in [0.4, 0.5) is 9.39 Å². The van der Waals surface area contributed by atoms with Gasteiger partial charge in [-0.15, -0.1) is 11.3 Å². The summed E-state index contributed by atoms with van der Waals surface area (Å²) >= 11 is 0.969. The van der Waals surface area contributed by atoms with Gasteiger partial charge in [0.2, 0.25) is 0 Å². The predicted molar refractivity (Wildman–Crippen MR) is 97.4 cm³/mol. The van der Waals surface area contributed by atoms with Gasteiger partial charge < -0.3 is 15.4 Å². The predicted octanol–water partition coefficient (Wildman–Crippen LogP) is 3.37. The van der Waals surface area contributed by atoms with Gasteiger partial charge in [0, 0.05) is 11.6 Å². The highest BCUT2D eigenvalue weighted by molar-refractivity contribution is 7.18. The van der Waals surface area contributed by atoms with E-state index >= 15 is 0 Å². The van der Waals surface area contributed by atoms with E-state index in [1.807, 2.05) is 13.8 Å². The molecule has 8 heteroatoms. The van der Waals surface area contributed by atoms with E-state index in [0.29, 0.717) is 10.4 Å². The first-order valence-electron chi connectivity index (χ1n) is 7.84. The van der Waals surface area contributed by atoms with Gasteiger partial charge in [-0.25, -0.2) is 9.18 Å². The van der Waals surface area contributed by atoms with Crippen molar-refractivity contribution in [2.45, 2.75) is 26.8 Å². The van der Waals surface area contributed by atoms with Crippen molar-refractivity contribution in [3.63, 3.8) is 0 Å². The Kier molecular flexibility index (Phi) is 6.10. The number of rotatable bonds is 5. The molecular weight excluding hydrogens is 359 g/mol. The van der Waals surface area contributed by atoms with Crippen LogP contribution in [0.1, 0.15) is 49.8 Å². The lowest BCUT2D eigenvalue weighted by atomic mass is 10.1. The second-order valence-corrected chi connectivity index (χ2v) is 6.87. The van der Waals surface area contributed by atoms with Gasteiger partial charge >= 0.3 is 5.97 Å². The summed E-state index contributed by atoms with van der Waals surface area (Å²) in [5.74, 6) is -2.16. The first-order valence-corrected chi connectivity index (χ1v) is 8.65. The molecular formula is C18H19FN2O4S. The van der Waals surface area contributed by atoms with Crippen LogP contribution >= 0.6 is 11.3 Å². The Bertz CT molecular complexity index is 861. The number of hydrogen-bond acceptors (Lipinski definition) is 5. The molecule has 2 amide bonds. The van der Waals surface area contributed by atoms with Gasteiger partial charge in [0.15, 0.2) is 0 Å². The van der Waals surface area contributed by atoms with E-state index in [4.69, 9.17) is 4.74 Å². The van der Waals surface area contributed by atoms with Gasteiger partial charge in [0.25, 0.3) is 11.8 Å². The summed E-state index contributed by atoms with van der Waals surface area (Å²) in [7, 11) is 1.21. The second-order valence-electron chi connectivity index (χ2n) is 5.84. The van der Waals surface area contributed by atoms with Crippen molar-refractivity contribution in [2.24, 2.45) is 0 Å². The third-order valence-corrected chi connectivity index (χ3v) is 4.68. The van der Waals surface area contributed by atoms with Gasteiger partial charge in [0.05, 0.1) is 17.6 Å². The second kappa shape index (κ2) is 8.09. The molecule has 0 atom stereocenters. The molecule has 1 heterocycles. The largest absolute Gasteiger partial charge is 0.465 e. The molecule has 1 aromatic heterocycles. The maximum Gasteiger partial charge on any atom is 0.341 e. The highest BCUT2D eigenvalue weighted by Gasteiger charge is 2.26. The topological polar surface area (TPSA) is 84.5 Å². The van der Waals surface area contributed by atoms with E-state index in [2.05, 4.69) is 10.6 Å². The zero-order valence-electron chi connectivity index (χ0n) is 14.8. The average Bonchev–Trinajstić information content (AvgIpc) is 2.90. The number of benzene rings is 1. The summed E-state index contributed by atoms with van der Waals surface area (Å²) in [5, 5.41) is 5.50. The maximum atomic E-state index is 13.3. The van der Waals surface area contributed by atoms with Gasteiger partial charge in [-0.1, -0.05) is 6.07 Å². The van der Waals surface area contributed by atoms with Crippen LogP contribution in [0.2, 0.25) is 0 Å². The molecule has 0 unspecified atom stereocenters. The van der Waals surface area contributed by atoms with Crippen LogP contribution in [0.15, 0.2) is 24.3 Å². The number of nitrogens with one attached hydrogen (secondary N) is 2. The quantitative estimate of drug-likeness (QED) is 0.782. The van der Waals surface area contributed by atoms with Gasteiger partial charge in [-0.3, -0.25) is 9.59 Å². The summed E-state index contributed by atoms with van der Waals surface area (Å²) in [6.07, 6.45) is 0. The van der Waals surface area contributed by atoms with Crippen molar-refractivity contribution in [3.05, 3.63) is 51.7 Å². The van der Waals surface area contributed by atoms with Crippen molar-refractivity contribution < 1.29 is 23.5 Å². The fourth-order valence-electron chi connectivity index (χ4n) is 2.30. The van der Waals surface area contributed by atoms with E-state index in [1.165, 1.54) is 25.3 Å². The summed E-state index contributed by atoms with van der Waals surface area (Å²) < 4.78 is 18.1. The van der Waals surface area contributed by atoms with E-state index in [0.717, 1.165) is 17.4 Å². The van der Waals surface area contributed by atoms with E-state index in [1.54, 1.807) is 6.92 Å². The minimum atomic E-state index is -0.670. The fourth-order valence-corrected chi connectivity index (χ4v) is 3.39. The number of methoxy groups -OCH3 is 1. The van der Waals surface area contributed by atoms with Crippen LogP contribution in [-0.2, 0) is 4.74 Å². The van der Waals surface area contributed by atoms with Crippen molar-refractivity contribution in [2.75, 3.05) is 12.4 Å². The molecule has 6 nitrogen and oxygen atoms in total. The number of ether oxygens (including phenoxy) is 1. The van der Waals surface area contributed by atoms with Crippen LogP contribution in [0.5, 0.6) is 0 Å². The molecule has 1 aromatic carbocycles. The molecule has 0 saturated carbocycles. The molecule has 0 saturated heterocycles. The number of thiophene rings is 1. The molecule has 0 radical (unpaired) electrons. The van der Waals surface area contributed by atoms with Gasteiger partial charge in [0.1, 0.15) is 10.8 Å².